The van der Waals surface area contributed by atoms with Gasteiger partial charge in [0, 0.05) is 7.05 Å². The van der Waals surface area contributed by atoms with Crippen LogP contribution in [0.4, 0.5) is 16.2 Å². The molecule has 0 aliphatic carbocycles. The van der Waals surface area contributed by atoms with Crippen molar-refractivity contribution in [2.45, 2.75) is 0 Å². The molecule has 1 aliphatic rings. The first-order valence-corrected chi connectivity index (χ1v) is 8.56. The van der Waals surface area contributed by atoms with E-state index in [2.05, 4.69) is 5.32 Å². The van der Waals surface area contributed by atoms with Gasteiger partial charge in [0.25, 0.3) is 5.91 Å². The van der Waals surface area contributed by atoms with Crippen molar-refractivity contribution < 1.29 is 19.1 Å². The van der Waals surface area contributed by atoms with E-state index in [-0.39, 0.29) is 18.4 Å². The number of carbonyl (C=O) groups excluding carboxylic acids is 3. The van der Waals surface area contributed by atoms with Crippen molar-refractivity contribution in [2.24, 2.45) is 0 Å². The van der Waals surface area contributed by atoms with Gasteiger partial charge < -0.3 is 15.0 Å². The molecule has 25 heavy (non-hydrogen) atoms. The Morgan fingerprint density at radius 1 is 1.28 bits per heavy atom. The van der Waals surface area contributed by atoms with Crippen molar-refractivity contribution in [3.8, 4) is 0 Å². The van der Waals surface area contributed by atoms with E-state index in [1.165, 1.54) is 21.1 Å². The quantitative estimate of drug-likeness (QED) is 0.889. The van der Waals surface area contributed by atoms with Gasteiger partial charge in [-0.1, -0.05) is 18.2 Å². The molecule has 130 valence electrons. The van der Waals surface area contributed by atoms with Crippen LogP contribution in [0.15, 0.2) is 41.8 Å². The molecule has 0 radical (unpaired) electrons. The first-order valence-electron chi connectivity index (χ1n) is 7.68. The van der Waals surface area contributed by atoms with Crippen LogP contribution in [0.3, 0.4) is 0 Å². The number of carbonyl (C=O) groups is 3. The van der Waals surface area contributed by atoms with Crippen LogP contribution in [0.5, 0.6) is 0 Å². The van der Waals surface area contributed by atoms with Crippen LogP contribution in [0.25, 0.3) is 0 Å². The lowest BCUT2D eigenvalue weighted by Crippen LogP contribution is -2.35. The van der Waals surface area contributed by atoms with E-state index < -0.39 is 6.09 Å². The number of likely N-dealkylation sites (N-methyl/N-ethyl adjacent to an activating group) is 1. The zero-order chi connectivity index (χ0) is 17.8. The third-order valence-corrected chi connectivity index (χ3v) is 4.55. The van der Waals surface area contributed by atoms with Crippen LogP contribution >= 0.6 is 11.3 Å². The predicted molar refractivity (Wildman–Crippen MR) is 95.0 cm³/mol. The number of amides is 3. The summed E-state index contributed by atoms with van der Waals surface area (Å²) in [5.74, 6) is -0.547. The largest absolute Gasteiger partial charge is 0.447 e. The second kappa shape index (κ2) is 7.35. The van der Waals surface area contributed by atoms with Gasteiger partial charge in [-0.15, -0.1) is 11.3 Å². The smallest absolute Gasteiger partial charge is 0.414 e. The summed E-state index contributed by atoms with van der Waals surface area (Å²) in [6.07, 6.45) is -0.438. The molecule has 1 saturated heterocycles. The minimum atomic E-state index is -0.438. The van der Waals surface area contributed by atoms with Crippen molar-refractivity contribution in [3.05, 3.63) is 46.7 Å². The molecule has 7 nitrogen and oxygen atoms in total. The van der Waals surface area contributed by atoms with Crippen molar-refractivity contribution in [3.63, 3.8) is 0 Å². The van der Waals surface area contributed by atoms with Crippen LogP contribution in [-0.2, 0) is 9.53 Å². The average Bonchev–Trinajstić information content (AvgIpc) is 3.26. The van der Waals surface area contributed by atoms with E-state index in [1.54, 1.807) is 43.4 Å². The molecule has 0 saturated carbocycles. The number of thiophene rings is 1. The Kier molecular flexibility index (Phi) is 4.99. The maximum atomic E-state index is 12.3. The Labute approximate surface area is 148 Å². The van der Waals surface area contributed by atoms with E-state index in [0.29, 0.717) is 29.4 Å². The normalized spacial score (nSPS) is 13.5. The van der Waals surface area contributed by atoms with Crippen LogP contribution in [0, 0.1) is 0 Å². The lowest BCUT2D eigenvalue weighted by molar-refractivity contribution is -0.116. The molecule has 3 rings (SSSR count). The number of cyclic esters (lactones) is 1. The summed E-state index contributed by atoms with van der Waals surface area (Å²) in [6, 6.07) is 10.5. The van der Waals surface area contributed by atoms with Gasteiger partial charge in [-0.25, -0.2) is 4.79 Å². The van der Waals surface area contributed by atoms with Gasteiger partial charge in [-0.2, -0.15) is 0 Å². The molecule has 1 N–H and O–H groups in total. The number of ether oxygens (including phenoxy) is 1. The second-order valence-electron chi connectivity index (χ2n) is 5.47. The Morgan fingerprint density at radius 2 is 2.08 bits per heavy atom. The van der Waals surface area contributed by atoms with E-state index in [1.807, 2.05) is 5.38 Å². The van der Waals surface area contributed by atoms with Gasteiger partial charge in [0.15, 0.2) is 0 Å². The monoisotopic (exact) mass is 359 g/mol. The van der Waals surface area contributed by atoms with Gasteiger partial charge in [0.05, 0.1) is 29.3 Å². The molecular formula is C17H17N3O4S. The Bertz CT molecular complexity index is 791. The minimum Gasteiger partial charge on any atom is -0.447 e. The van der Waals surface area contributed by atoms with Crippen LogP contribution < -0.4 is 10.2 Å². The number of rotatable bonds is 5. The molecule has 0 spiro atoms. The Hall–Kier alpha value is -2.87. The summed E-state index contributed by atoms with van der Waals surface area (Å²) in [7, 11) is 1.57. The van der Waals surface area contributed by atoms with Crippen molar-refractivity contribution >= 4 is 40.6 Å². The number of nitrogens with one attached hydrogen (secondary N) is 1. The second-order valence-corrected chi connectivity index (χ2v) is 6.42. The van der Waals surface area contributed by atoms with Gasteiger partial charge in [0.2, 0.25) is 5.91 Å². The van der Waals surface area contributed by atoms with Crippen molar-refractivity contribution in [2.75, 3.05) is 37.0 Å². The molecule has 0 bridgehead atoms. The molecule has 3 amide bonds. The summed E-state index contributed by atoms with van der Waals surface area (Å²) in [5.41, 5.74) is 1.08. The summed E-state index contributed by atoms with van der Waals surface area (Å²) < 4.78 is 4.94. The molecule has 1 aliphatic heterocycles. The molecule has 1 fully saturated rings. The standard InChI is InChI=1S/C17H17N3O4S/c1-19(16(22)14-7-4-10-25-14)11-15(21)18-12-5-2-3-6-13(12)20-8-9-24-17(20)23/h2-7,10H,8-9,11H2,1H3,(H,18,21). The molecule has 1 aromatic carbocycles. The van der Waals surface area contributed by atoms with Gasteiger partial charge in [-0.3, -0.25) is 14.5 Å². The van der Waals surface area contributed by atoms with Crippen molar-refractivity contribution in [1.29, 1.82) is 0 Å². The first-order chi connectivity index (χ1) is 12.1. The molecular weight excluding hydrogens is 342 g/mol. The molecule has 0 unspecified atom stereocenters. The summed E-state index contributed by atoms with van der Waals surface area (Å²) in [4.78, 5) is 39.7. The zero-order valence-electron chi connectivity index (χ0n) is 13.6. The Morgan fingerprint density at radius 3 is 2.76 bits per heavy atom. The third kappa shape index (κ3) is 3.80. The van der Waals surface area contributed by atoms with Crippen LogP contribution in [-0.4, -0.2) is 49.6 Å². The molecule has 0 atom stereocenters. The number of anilines is 2. The first kappa shape index (κ1) is 17.0. The van der Waals surface area contributed by atoms with Gasteiger partial charge >= 0.3 is 6.09 Å². The number of benzene rings is 1. The van der Waals surface area contributed by atoms with E-state index in [0.717, 1.165) is 0 Å². The fourth-order valence-corrected chi connectivity index (χ4v) is 3.21. The number of hydrogen-bond acceptors (Lipinski definition) is 5. The minimum absolute atomic E-state index is 0.0878. The van der Waals surface area contributed by atoms with Crippen LogP contribution in [0.2, 0.25) is 0 Å². The van der Waals surface area contributed by atoms with Crippen molar-refractivity contribution in [1.82, 2.24) is 4.90 Å². The third-order valence-electron chi connectivity index (χ3n) is 3.69. The highest BCUT2D eigenvalue weighted by atomic mass is 32.1. The lowest BCUT2D eigenvalue weighted by atomic mass is 10.2. The highest BCUT2D eigenvalue weighted by molar-refractivity contribution is 7.12. The lowest BCUT2D eigenvalue weighted by Gasteiger charge is -2.19. The molecule has 8 heteroatoms. The maximum absolute atomic E-state index is 12.3. The van der Waals surface area contributed by atoms with Gasteiger partial charge in [0.1, 0.15) is 6.61 Å². The summed E-state index contributed by atoms with van der Waals surface area (Å²) >= 11 is 1.33. The highest BCUT2D eigenvalue weighted by Crippen LogP contribution is 2.27. The zero-order valence-corrected chi connectivity index (χ0v) is 14.4. The molecule has 1 aromatic heterocycles. The van der Waals surface area contributed by atoms with Crippen LogP contribution in [0.1, 0.15) is 9.67 Å². The fourth-order valence-electron chi connectivity index (χ4n) is 2.49. The Balaban J connectivity index is 1.67. The average molecular weight is 359 g/mol. The molecule has 2 aromatic rings. The maximum Gasteiger partial charge on any atom is 0.414 e. The summed E-state index contributed by atoms with van der Waals surface area (Å²) in [6.45, 7) is 0.664. The SMILES string of the molecule is CN(CC(=O)Nc1ccccc1N1CCOC1=O)C(=O)c1cccs1. The molecule has 2 heterocycles. The van der Waals surface area contributed by atoms with E-state index in [9.17, 15) is 14.4 Å². The highest BCUT2D eigenvalue weighted by Gasteiger charge is 2.26. The fraction of sp³-hybridized carbons (Fsp3) is 0.235. The number of para-hydroxylation sites is 2. The van der Waals surface area contributed by atoms with E-state index in [4.69, 9.17) is 4.74 Å². The summed E-state index contributed by atoms with van der Waals surface area (Å²) in [5, 5.41) is 4.57. The number of nitrogens with zero attached hydrogens (tertiary/aromatic N) is 2. The predicted octanol–water partition coefficient (Wildman–Crippen LogP) is 2.42. The topological polar surface area (TPSA) is 79.0 Å². The van der Waals surface area contributed by atoms with Gasteiger partial charge in [-0.05, 0) is 23.6 Å². The van der Waals surface area contributed by atoms with E-state index >= 15 is 0 Å². The number of hydrogen-bond donors (Lipinski definition) is 1.